The van der Waals surface area contributed by atoms with Crippen LogP contribution in [0.15, 0.2) is 29.3 Å². The Labute approximate surface area is 154 Å². The van der Waals surface area contributed by atoms with Crippen LogP contribution in [-0.4, -0.2) is 36.1 Å². The molecule has 3 N–H and O–H groups in total. The average Bonchev–Trinajstić information content (AvgIpc) is 2.42. The number of guanidine groups is 1. The van der Waals surface area contributed by atoms with Crippen LogP contribution in [0.4, 0.5) is 11.4 Å². The van der Waals surface area contributed by atoms with E-state index in [9.17, 15) is 10.1 Å². The van der Waals surface area contributed by atoms with E-state index in [2.05, 4.69) is 41.7 Å². The van der Waals surface area contributed by atoms with E-state index in [1.54, 1.807) is 18.2 Å². The van der Waals surface area contributed by atoms with Gasteiger partial charge in [0, 0.05) is 24.7 Å². The van der Waals surface area contributed by atoms with Gasteiger partial charge < -0.3 is 16.0 Å². The zero-order valence-corrected chi connectivity index (χ0v) is 16.4. The summed E-state index contributed by atoms with van der Waals surface area (Å²) in [7, 11) is 0. The summed E-state index contributed by atoms with van der Waals surface area (Å²) in [6, 6.07) is 6.60. The van der Waals surface area contributed by atoms with Crippen LogP contribution >= 0.6 is 24.0 Å². The van der Waals surface area contributed by atoms with Gasteiger partial charge in [-0.3, -0.25) is 15.1 Å². The zero-order valence-electron chi connectivity index (χ0n) is 14.0. The maximum atomic E-state index is 10.9. The van der Waals surface area contributed by atoms with Crippen molar-refractivity contribution in [2.75, 3.05) is 25.0 Å². The smallest absolute Gasteiger partial charge is 0.292 e. The number of aliphatic imine (C=N–C) groups is 1. The zero-order chi connectivity index (χ0) is 16.6. The summed E-state index contributed by atoms with van der Waals surface area (Å²) < 4.78 is 0. The number of para-hydroxylation sites is 2. The van der Waals surface area contributed by atoms with E-state index >= 15 is 0 Å². The van der Waals surface area contributed by atoms with E-state index in [1.165, 1.54) is 6.07 Å². The van der Waals surface area contributed by atoms with Gasteiger partial charge in [-0.2, -0.15) is 0 Å². The Morgan fingerprint density at radius 3 is 2.52 bits per heavy atom. The lowest BCUT2D eigenvalue weighted by Gasteiger charge is -2.23. The highest BCUT2D eigenvalue weighted by Crippen LogP contribution is 2.22. The van der Waals surface area contributed by atoms with Crippen LogP contribution in [-0.2, 0) is 0 Å². The molecule has 0 aliphatic heterocycles. The number of anilines is 1. The number of nitrogens with zero attached hydrogens (tertiary/aromatic N) is 2. The standard InChI is InChI=1S/C15H25N5O2.HI/c1-5-16-14(19-15(2,3)4)18-11-10-17-12-8-6-7-9-13(12)20(21)22;/h6-9,17H,5,10-11H2,1-4H3,(H2,16,18,19);1H. The molecule has 23 heavy (non-hydrogen) atoms. The molecule has 0 fully saturated rings. The van der Waals surface area contributed by atoms with Crippen LogP contribution in [0, 0.1) is 10.1 Å². The molecule has 0 unspecified atom stereocenters. The quantitative estimate of drug-likeness (QED) is 0.160. The van der Waals surface area contributed by atoms with Crippen LogP contribution in [0.3, 0.4) is 0 Å². The second kappa shape index (κ2) is 10.2. The molecule has 0 atom stereocenters. The third kappa shape index (κ3) is 8.58. The van der Waals surface area contributed by atoms with Crippen molar-refractivity contribution in [1.29, 1.82) is 0 Å². The van der Waals surface area contributed by atoms with Gasteiger partial charge in [0.1, 0.15) is 5.69 Å². The molecule has 0 spiro atoms. The number of rotatable bonds is 6. The molecule has 0 saturated carbocycles. The summed E-state index contributed by atoms with van der Waals surface area (Å²) in [6.45, 7) is 10.00. The predicted molar refractivity (Wildman–Crippen MR) is 106 cm³/mol. The van der Waals surface area contributed by atoms with Crippen LogP contribution < -0.4 is 16.0 Å². The van der Waals surface area contributed by atoms with Crippen LogP contribution in [0.5, 0.6) is 0 Å². The minimum absolute atomic E-state index is 0. The van der Waals surface area contributed by atoms with Gasteiger partial charge in [-0.25, -0.2) is 0 Å². The number of hydrogen-bond acceptors (Lipinski definition) is 4. The SMILES string of the molecule is CCNC(=NCCNc1ccccc1[N+](=O)[O-])NC(C)(C)C.I. The molecule has 1 aromatic carbocycles. The van der Waals surface area contributed by atoms with Crippen molar-refractivity contribution >= 4 is 41.3 Å². The van der Waals surface area contributed by atoms with Crippen LogP contribution in [0.1, 0.15) is 27.7 Å². The fourth-order valence-electron chi connectivity index (χ4n) is 1.80. The molecule has 0 aliphatic carbocycles. The monoisotopic (exact) mass is 435 g/mol. The number of nitro benzene ring substituents is 1. The second-order valence-electron chi connectivity index (χ2n) is 5.84. The summed E-state index contributed by atoms with van der Waals surface area (Å²) in [4.78, 5) is 15.0. The third-order valence-corrected chi connectivity index (χ3v) is 2.64. The molecule has 0 heterocycles. The lowest BCUT2D eigenvalue weighted by Crippen LogP contribution is -2.47. The molecule has 0 radical (unpaired) electrons. The Hall–Kier alpha value is -1.58. The molecule has 0 saturated heterocycles. The van der Waals surface area contributed by atoms with Crippen molar-refractivity contribution in [3.63, 3.8) is 0 Å². The van der Waals surface area contributed by atoms with Gasteiger partial charge >= 0.3 is 0 Å². The van der Waals surface area contributed by atoms with Crippen molar-refractivity contribution in [3.8, 4) is 0 Å². The minimum atomic E-state index is -0.392. The second-order valence-corrected chi connectivity index (χ2v) is 5.84. The molecular formula is C15H26IN5O2. The Morgan fingerprint density at radius 1 is 1.30 bits per heavy atom. The Balaban J connectivity index is 0.00000484. The fraction of sp³-hybridized carbons (Fsp3) is 0.533. The maximum Gasteiger partial charge on any atom is 0.292 e. The summed E-state index contributed by atoms with van der Waals surface area (Å²) in [6.07, 6.45) is 0. The summed E-state index contributed by atoms with van der Waals surface area (Å²) >= 11 is 0. The first-order valence-corrected chi connectivity index (χ1v) is 7.37. The maximum absolute atomic E-state index is 10.9. The fourth-order valence-corrected chi connectivity index (χ4v) is 1.80. The molecule has 1 aromatic rings. The molecular weight excluding hydrogens is 409 g/mol. The van der Waals surface area contributed by atoms with Gasteiger partial charge in [0.25, 0.3) is 5.69 Å². The summed E-state index contributed by atoms with van der Waals surface area (Å²) in [5, 5.41) is 20.4. The Bertz CT molecular complexity index is 529. The van der Waals surface area contributed by atoms with E-state index < -0.39 is 4.92 Å². The molecule has 0 aliphatic rings. The van der Waals surface area contributed by atoms with Gasteiger partial charge in [0.05, 0.1) is 11.5 Å². The van der Waals surface area contributed by atoms with Crippen molar-refractivity contribution in [3.05, 3.63) is 34.4 Å². The predicted octanol–water partition coefficient (Wildman–Crippen LogP) is 2.98. The van der Waals surface area contributed by atoms with Gasteiger partial charge in [-0.05, 0) is 33.8 Å². The number of nitrogens with one attached hydrogen (secondary N) is 3. The molecule has 1 rings (SSSR count). The first kappa shape index (κ1) is 21.4. The highest BCUT2D eigenvalue weighted by atomic mass is 127. The molecule has 8 heteroatoms. The molecule has 0 bridgehead atoms. The van der Waals surface area contributed by atoms with Crippen molar-refractivity contribution in [1.82, 2.24) is 10.6 Å². The highest BCUT2D eigenvalue weighted by molar-refractivity contribution is 14.0. The lowest BCUT2D eigenvalue weighted by atomic mass is 10.1. The third-order valence-electron chi connectivity index (χ3n) is 2.64. The van der Waals surface area contributed by atoms with Crippen molar-refractivity contribution in [2.45, 2.75) is 33.2 Å². The summed E-state index contributed by atoms with van der Waals surface area (Å²) in [5.74, 6) is 0.736. The number of hydrogen-bond donors (Lipinski definition) is 3. The Kier molecular flexibility index (Phi) is 9.54. The molecule has 130 valence electrons. The van der Waals surface area contributed by atoms with Gasteiger partial charge in [-0.1, -0.05) is 12.1 Å². The lowest BCUT2D eigenvalue weighted by molar-refractivity contribution is -0.384. The minimum Gasteiger partial charge on any atom is -0.378 e. The van der Waals surface area contributed by atoms with Crippen LogP contribution in [0.2, 0.25) is 0 Å². The Morgan fingerprint density at radius 2 is 1.96 bits per heavy atom. The first-order valence-electron chi connectivity index (χ1n) is 7.37. The normalized spacial score (nSPS) is 11.4. The number of nitro groups is 1. The molecule has 7 nitrogen and oxygen atoms in total. The largest absolute Gasteiger partial charge is 0.378 e. The molecule has 0 amide bonds. The number of halogens is 1. The van der Waals surface area contributed by atoms with E-state index in [4.69, 9.17) is 0 Å². The van der Waals surface area contributed by atoms with Crippen molar-refractivity contribution < 1.29 is 4.92 Å². The highest BCUT2D eigenvalue weighted by Gasteiger charge is 2.12. The topological polar surface area (TPSA) is 91.6 Å². The van der Waals surface area contributed by atoms with Crippen LogP contribution in [0.25, 0.3) is 0 Å². The average molecular weight is 435 g/mol. The molecule has 0 aromatic heterocycles. The van der Waals surface area contributed by atoms with Gasteiger partial charge in [0.2, 0.25) is 0 Å². The van der Waals surface area contributed by atoms with Gasteiger partial charge in [-0.15, -0.1) is 24.0 Å². The summed E-state index contributed by atoms with van der Waals surface area (Å²) in [5.41, 5.74) is 0.509. The first-order chi connectivity index (χ1) is 10.3. The number of benzene rings is 1. The van der Waals surface area contributed by atoms with Gasteiger partial charge in [0.15, 0.2) is 5.96 Å². The van der Waals surface area contributed by atoms with E-state index in [0.717, 1.165) is 12.5 Å². The van der Waals surface area contributed by atoms with E-state index in [-0.39, 0.29) is 35.2 Å². The van der Waals surface area contributed by atoms with E-state index in [0.29, 0.717) is 18.8 Å². The van der Waals surface area contributed by atoms with E-state index in [1.807, 2.05) is 6.92 Å². The van der Waals surface area contributed by atoms with Crippen molar-refractivity contribution in [2.24, 2.45) is 4.99 Å².